The van der Waals surface area contributed by atoms with E-state index < -0.39 is 11.4 Å². The van der Waals surface area contributed by atoms with Gasteiger partial charge in [0, 0.05) is 12.5 Å². The molecule has 14 heavy (non-hydrogen) atoms. The Hall–Kier alpha value is -1.06. The van der Waals surface area contributed by atoms with E-state index in [1.54, 1.807) is 13.8 Å². The normalized spacial score (nSPS) is 11.5. The number of aliphatic carboxylic acids is 1. The van der Waals surface area contributed by atoms with Crippen LogP contribution < -0.4 is 5.32 Å². The lowest BCUT2D eigenvalue weighted by molar-refractivity contribution is -0.147. The second-order valence-electron chi connectivity index (χ2n) is 4.41. The van der Waals surface area contributed by atoms with E-state index in [-0.39, 0.29) is 18.4 Å². The van der Waals surface area contributed by atoms with E-state index in [4.69, 9.17) is 5.11 Å². The van der Waals surface area contributed by atoms with Gasteiger partial charge in [-0.15, -0.1) is 0 Å². The number of amides is 1. The van der Waals surface area contributed by atoms with E-state index in [2.05, 4.69) is 5.32 Å². The summed E-state index contributed by atoms with van der Waals surface area (Å²) in [7, 11) is 0. The molecule has 0 aliphatic heterocycles. The number of carboxylic acids is 1. The Kier molecular flexibility index (Phi) is 4.60. The van der Waals surface area contributed by atoms with Crippen molar-refractivity contribution in [2.24, 2.45) is 5.41 Å². The van der Waals surface area contributed by atoms with Gasteiger partial charge >= 0.3 is 5.97 Å². The predicted octanol–water partition coefficient (Wildman–Crippen LogP) is 1.40. The zero-order chi connectivity index (χ0) is 11.4. The smallest absolute Gasteiger partial charge is 0.309 e. The van der Waals surface area contributed by atoms with Crippen LogP contribution in [0.5, 0.6) is 0 Å². The summed E-state index contributed by atoms with van der Waals surface area (Å²) < 4.78 is 0. The Labute approximate surface area is 84.7 Å². The zero-order valence-corrected chi connectivity index (χ0v) is 9.26. The summed E-state index contributed by atoms with van der Waals surface area (Å²) >= 11 is 0. The highest BCUT2D eigenvalue weighted by Crippen LogP contribution is 2.22. The highest BCUT2D eigenvalue weighted by Gasteiger charge is 2.27. The van der Waals surface area contributed by atoms with E-state index in [0.29, 0.717) is 6.42 Å². The topological polar surface area (TPSA) is 66.4 Å². The van der Waals surface area contributed by atoms with Crippen molar-refractivity contribution in [3.63, 3.8) is 0 Å². The summed E-state index contributed by atoms with van der Waals surface area (Å²) in [4.78, 5) is 21.9. The molecule has 0 bridgehead atoms. The van der Waals surface area contributed by atoms with Crippen LogP contribution in [0, 0.1) is 5.41 Å². The molecular weight excluding hydrogens is 182 g/mol. The number of hydrogen-bond acceptors (Lipinski definition) is 2. The summed E-state index contributed by atoms with van der Waals surface area (Å²) in [6.07, 6.45) is 0.623. The third-order valence-corrected chi connectivity index (χ3v) is 2.01. The quantitative estimate of drug-likeness (QED) is 0.706. The van der Waals surface area contributed by atoms with E-state index in [9.17, 15) is 9.59 Å². The summed E-state index contributed by atoms with van der Waals surface area (Å²) in [6.45, 7) is 7.00. The van der Waals surface area contributed by atoms with Gasteiger partial charge in [0.15, 0.2) is 0 Å². The monoisotopic (exact) mass is 201 g/mol. The molecule has 0 aromatic carbocycles. The van der Waals surface area contributed by atoms with Crippen LogP contribution in [-0.4, -0.2) is 23.0 Å². The maximum Gasteiger partial charge on any atom is 0.309 e. The van der Waals surface area contributed by atoms with Crippen LogP contribution in [0.1, 0.15) is 40.5 Å². The Morgan fingerprint density at radius 1 is 1.36 bits per heavy atom. The van der Waals surface area contributed by atoms with Gasteiger partial charge in [-0.25, -0.2) is 0 Å². The van der Waals surface area contributed by atoms with Crippen molar-refractivity contribution < 1.29 is 14.7 Å². The minimum Gasteiger partial charge on any atom is -0.481 e. The second kappa shape index (κ2) is 4.98. The second-order valence-corrected chi connectivity index (χ2v) is 4.41. The largest absolute Gasteiger partial charge is 0.481 e. The fourth-order valence-electron chi connectivity index (χ4n) is 0.927. The average Bonchev–Trinajstić information content (AvgIpc) is 1.99. The number of carbonyl (C=O) groups is 2. The molecule has 0 saturated heterocycles. The molecule has 82 valence electrons. The van der Waals surface area contributed by atoms with Gasteiger partial charge in [0.05, 0.1) is 5.41 Å². The van der Waals surface area contributed by atoms with Crippen LogP contribution in [0.3, 0.4) is 0 Å². The van der Waals surface area contributed by atoms with Gasteiger partial charge in [-0.1, -0.05) is 0 Å². The predicted molar refractivity (Wildman–Crippen MR) is 53.9 cm³/mol. The number of hydrogen-bond donors (Lipinski definition) is 2. The van der Waals surface area contributed by atoms with E-state index >= 15 is 0 Å². The number of rotatable bonds is 5. The van der Waals surface area contributed by atoms with Crippen molar-refractivity contribution in [1.82, 2.24) is 5.32 Å². The van der Waals surface area contributed by atoms with Crippen molar-refractivity contribution in [2.45, 2.75) is 46.6 Å². The highest BCUT2D eigenvalue weighted by molar-refractivity contribution is 5.78. The first-order valence-electron chi connectivity index (χ1n) is 4.78. The average molecular weight is 201 g/mol. The molecule has 2 N–H and O–H groups in total. The Bertz CT molecular complexity index is 221. The molecule has 0 spiro atoms. The maximum atomic E-state index is 11.2. The molecule has 0 fully saturated rings. The van der Waals surface area contributed by atoms with Gasteiger partial charge in [0.1, 0.15) is 0 Å². The van der Waals surface area contributed by atoms with Crippen molar-refractivity contribution in [3.8, 4) is 0 Å². The molecular formula is C10H19NO3. The lowest BCUT2D eigenvalue weighted by atomic mass is 9.88. The van der Waals surface area contributed by atoms with Crippen LogP contribution in [0.2, 0.25) is 0 Å². The first-order chi connectivity index (χ1) is 6.25. The summed E-state index contributed by atoms with van der Waals surface area (Å²) in [5.74, 6) is -0.954. The molecule has 0 unspecified atom stereocenters. The standard InChI is InChI=1S/C10H19NO3/c1-7(2)11-8(12)5-6-10(3,4)9(13)14/h7H,5-6H2,1-4H3,(H,11,12)(H,13,14). The molecule has 0 aliphatic rings. The van der Waals surface area contributed by atoms with Crippen molar-refractivity contribution >= 4 is 11.9 Å². The highest BCUT2D eigenvalue weighted by atomic mass is 16.4. The Balaban J connectivity index is 3.94. The molecule has 0 aromatic rings. The lowest BCUT2D eigenvalue weighted by Crippen LogP contribution is -2.32. The van der Waals surface area contributed by atoms with Crippen LogP contribution in [-0.2, 0) is 9.59 Å². The zero-order valence-electron chi connectivity index (χ0n) is 9.26. The molecule has 0 heterocycles. The first-order valence-corrected chi connectivity index (χ1v) is 4.78. The van der Waals surface area contributed by atoms with Crippen LogP contribution in [0.4, 0.5) is 0 Å². The van der Waals surface area contributed by atoms with Gasteiger partial charge in [-0.2, -0.15) is 0 Å². The van der Waals surface area contributed by atoms with Gasteiger partial charge < -0.3 is 10.4 Å². The fourth-order valence-corrected chi connectivity index (χ4v) is 0.927. The van der Waals surface area contributed by atoms with Gasteiger partial charge in [-0.05, 0) is 34.1 Å². The van der Waals surface area contributed by atoms with Crippen molar-refractivity contribution in [1.29, 1.82) is 0 Å². The third-order valence-electron chi connectivity index (χ3n) is 2.01. The molecule has 0 rings (SSSR count). The summed E-state index contributed by atoms with van der Waals surface area (Å²) in [5.41, 5.74) is -0.825. The molecule has 0 saturated carbocycles. The van der Waals surface area contributed by atoms with Gasteiger partial charge in [0.2, 0.25) is 5.91 Å². The molecule has 0 atom stereocenters. The minimum atomic E-state index is -0.866. The minimum absolute atomic E-state index is 0.0886. The first kappa shape index (κ1) is 12.9. The van der Waals surface area contributed by atoms with Gasteiger partial charge in [-0.3, -0.25) is 9.59 Å². The number of carbonyl (C=O) groups excluding carboxylic acids is 1. The van der Waals surface area contributed by atoms with Crippen LogP contribution >= 0.6 is 0 Å². The molecule has 4 heteroatoms. The molecule has 0 aliphatic carbocycles. The summed E-state index contributed by atoms with van der Waals surface area (Å²) in [5, 5.41) is 11.5. The number of carboxylic acid groups (broad SMARTS) is 1. The van der Waals surface area contributed by atoms with Crippen molar-refractivity contribution in [3.05, 3.63) is 0 Å². The van der Waals surface area contributed by atoms with E-state index in [1.807, 2.05) is 13.8 Å². The van der Waals surface area contributed by atoms with E-state index in [1.165, 1.54) is 0 Å². The Morgan fingerprint density at radius 3 is 2.21 bits per heavy atom. The third kappa shape index (κ3) is 4.84. The Morgan fingerprint density at radius 2 is 1.86 bits per heavy atom. The number of nitrogens with one attached hydrogen (secondary N) is 1. The van der Waals surface area contributed by atoms with E-state index in [0.717, 1.165) is 0 Å². The SMILES string of the molecule is CC(C)NC(=O)CCC(C)(C)C(=O)O. The van der Waals surface area contributed by atoms with Crippen LogP contribution in [0.15, 0.2) is 0 Å². The van der Waals surface area contributed by atoms with Crippen molar-refractivity contribution in [2.75, 3.05) is 0 Å². The lowest BCUT2D eigenvalue weighted by Gasteiger charge is -2.18. The maximum absolute atomic E-state index is 11.2. The van der Waals surface area contributed by atoms with Crippen LogP contribution in [0.25, 0.3) is 0 Å². The molecule has 0 radical (unpaired) electrons. The fraction of sp³-hybridized carbons (Fsp3) is 0.800. The molecule has 1 amide bonds. The molecule has 0 aromatic heterocycles. The van der Waals surface area contributed by atoms with Gasteiger partial charge in [0.25, 0.3) is 0 Å². The molecule has 4 nitrogen and oxygen atoms in total. The summed E-state index contributed by atoms with van der Waals surface area (Å²) in [6, 6.07) is 0.107.